The molecule has 2 rings (SSSR count). The van der Waals surface area contributed by atoms with Crippen molar-refractivity contribution >= 4 is 45.2 Å². The van der Waals surface area contributed by atoms with E-state index in [2.05, 4.69) is 80.0 Å². The van der Waals surface area contributed by atoms with Crippen molar-refractivity contribution in [2.75, 3.05) is 13.1 Å². The molecule has 0 aliphatic rings. The van der Waals surface area contributed by atoms with Gasteiger partial charge in [-0.1, -0.05) is 13.8 Å². The van der Waals surface area contributed by atoms with Crippen molar-refractivity contribution in [3.05, 3.63) is 55.2 Å². The molecule has 0 radical (unpaired) electrons. The average Bonchev–Trinajstić information content (AvgIpc) is 2.45. The first-order chi connectivity index (χ1) is 10.0. The van der Waals surface area contributed by atoms with Crippen LogP contribution in [-0.2, 0) is 6.54 Å². The minimum Gasteiger partial charge on any atom is -0.298 e. The predicted molar refractivity (Wildman–Crippen MR) is 105 cm³/mol. The fraction of sp³-hybridized carbons (Fsp3) is 0.375. The Balaban J connectivity index is 0.000000235. The number of hydrogen-bond acceptors (Lipinski definition) is 3. The van der Waals surface area contributed by atoms with E-state index in [0.717, 1.165) is 31.0 Å². The lowest BCUT2D eigenvalue weighted by atomic mass is 10.3. The number of hydrogen-bond donors (Lipinski definition) is 0. The summed E-state index contributed by atoms with van der Waals surface area (Å²) in [5.74, 6) is 0. The SMILES string of the molecule is CCN(CC)Cc1cc(I)ccn1.Cc1cc(I)ccn1. The Morgan fingerprint density at radius 1 is 0.952 bits per heavy atom. The molecular formula is C16H21I2N3. The zero-order valence-electron chi connectivity index (χ0n) is 12.7. The van der Waals surface area contributed by atoms with Crippen LogP contribution in [0.15, 0.2) is 36.7 Å². The lowest BCUT2D eigenvalue weighted by Gasteiger charge is -2.17. The molecule has 2 aromatic rings. The lowest BCUT2D eigenvalue weighted by molar-refractivity contribution is 0.292. The Labute approximate surface area is 154 Å². The monoisotopic (exact) mass is 509 g/mol. The molecule has 0 unspecified atom stereocenters. The molecule has 2 heterocycles. The van der Waals surface area contributed by atoms with Crippen LogP contribution in [0.4, 0.5) is 0 Å². The fourth-order valence-electron chi connectivity index (χ4n) is 1.72. The second kappa shape index (κ2) is 10.4. The molecule has 2 aromatic heterocycles. The molecule has 0 fully saturated rings. The van der Waals surface area contributed by atoms with Crippen LogP contribution in [0.25, 0.3) is 0 Å². The van der Waals surface area contributed by atoms with Crippen LogP contribution in [0.3, 0.4) is 0 Å². The number of nitrogens with zero attached hydrogens (tertiary/aromatic N) is 3. The van der Waals surface area contributed by atoms with Gasteiger partial charge in [0.2, 0.25) is 0 Å². The molecule has 0 saturated carbocycles. The van der Waals surface area contributed by atoms with Crippen molar-refractivity contribution in [2.45, 2.75) is 27.3 Å². The van der Waals surface area contributed by atoms with Gasteiger partial charge in [0.25, 0.3) is 0 Å². The van der Waals surface area contributed by atoms with Crippen molar-refractivity contribution in [3.8, 4) is 0 Å². The Bertz CT molecular complexity index is 525. The van der Waals surface area contributed by atoms with E-state index >= 15 is 0 Å². The van der Waals surface area contributed by atoms with E-state index in [0.29, 0.717) is 0 Å². The maximum atomic E-state index is 4.33. The lowest BCUT2D eigenvalue weighted by Crippen LogP contribution is -2.22. The van der Waals surface area contributed by atoms with Gasteiger partial charge < -0.3 is 0 Å². The molecule has 114 valence electrons. The minimum absolute atomic E-state index is 0.962. The van der Waals surface area contributed by atoms with Crippen LogP contribution >= 0.6 is 45.2 Å². The zero-order chi connectivity index (χ0) is 15.7. The molecule has 5 heteroatoms. The molecule has 0 amide bonds. The van der Waals surface area contributed by atoms with Gasteiger partial charge >= 0.3 is 0 Å². The zero-order valence-corrected chi connectivity index (χ0v) is 17.0. The van der Waals surface area contributed by atoms with Gasteiger partial charge in [-0.2, -0.15) is 0 Å². The average molecular weight is 509 g/mol. The quantitative estimate of drug-likeness (QED) is 0.568. The third kappa shape index (κ3) is 8.06. The Kier molecular flexibility index (Phi) is 9.34. The van der Waals surface area contributed by atoms with E-state index in [-0.39, 0.29) is 0 Å². The highest BCUT2D eigenvalue weighted by Gasteiger charge is 2.01. The van der Waals surface area contributed by atoms with Crippen LogP contribution in [0.5, 0.6) is 0 Å². The molecule has 0 aliphatic carbocycles. The summed E-state index contributed by atoms with van der Waals surface area (Å²) in [6, 6.07) is 8.18. The van der Waals surface area contributed by atoms with E-state index < -0.39 is 0 Å². The van der Waals surface area contributed by atoms with Crippen molar-refractivity contribution in [3.63, 3.8) is 0 Å². The van der Waals surface area contributed by atoms with Gasteiger partial charge in [0.05, 0.1) is 5.69 Å². The van der Waals surface area contributed by atoms with Crippen molar-refractivity contribution in [1.82, 2.24) is 14.9 Å². The van der Waals surface area contributed by atoms with Gasteiger partial charge in [-0.25, -0.2) is 0 Å². The summed E-state index contributed by atoms with van der Waals surface area (Å²) in [5, 5.41) is 0. The van der Waals surface area contributed by atoms with Crippen LogP contribution in [0.2, 0.25) is 0 Å². The maximum absolute atomic E-state index is 4.33. The molecule has 0 aromatic carbocycles. The maximum Gasteiger partial charge on any atom is 0.0554 e. The molecular weight excluding hydrogens is 488 g/mol. The highest BCUT2D eigenvalue weighted by molar-refractivity contribution is 14.1. The van der Waals surface area contributed by atoms with E-state index in [1.54, 1.807) is 0 Å². The summed E-state index contributed by atoms with van der Waals surface area (Å²) >= 11 is 4.58. The van der Waals surface area contributed by atoms with E-state index in [9.17, 15) is 0 Å². The standard InChI is InChI=1S/C10H15IN2.C6H6IN/c1-3-13(4-2)8-10-7-9(11)5-6-12-10;1-5-4-6(7)2-3-8-5/h5-7H,3-4,8H2,1-2H3;2-4H,1H3. The van der Waals surface area contributed by atoms with Gasteiger partial charge in [0.15, 0.2) is 0 Å². The number of rotatable bonds is 4. The molecule has 0 atom stereocenters. The topological polar surface area (TPSA) is 29.0 Å². The van der Waals surface area contributed by atoms with Crippen LogP contribution < -0.4 is 0 Å². The summed E-state index contributed by atoms with van der Waals surface area (Å²) in [6.45, 7) is 9.48. The van der Waals surface area contributed by atoms with Gasteiger partial charge in [-0.05, 0) is 89.5 Å². The van der Waals surface area contributed by atoms with Crippen LogP contribution in [0, 0.1) is 14.1 Å². The molecule has 0 spiro atoms. The molecule has 21 heavy (non-hydrogen) atoms. The first-order valence-corrected chi connectivity index (χ1v) is 9.11. The fourth-order valence-corrected chi connectivity index (χ4v) is 2.85. The van der Waals surface area contributed by atoms with E-state index in [1.165, 1.54) is 7.14 Å². The number of aryl methyl sites for hydroxylation is 1. The van der Waals surface area contributed by atoms with Gasteiger partial charge in [0, 0.05) is 31.8 Å². The van der Waals surface area contributed by atoms with Crippen molar-refractivity contribution in [1.29, 1.82) is 0 Å². The van der Waals surface area contributed by atoms with Gasteiger partial charge in [-0.15, -0.1) is 0 Å². The van der Waals surface area contributed by atoms with Gasteiger partial charge in [-0.3, -0.25) is 14.9 Å². The minimum atomic E-state index is 0.962. The molecule has 0 aliphatic heterocycles. The van der Waals surface area contributed by atoms with Crippen molar-refractivity contribution < 1.29 is 0 Å². The first kappa shape index (κ1) is 18.8. The van der Waals surface area contributed by atoms with Crippen LogP contribution in [0.1, 0.15) is 25.2 Å². The Morgan fingerprint density at radius 2 is 1.52 bits per heavy atom. The summed E-state index contributed by atoms with van der Waals surface area (Å²) in [7, 11) is 0. The highest BCUT2D eigenvalue weighted by Crippen LogP contribution is 2.07. The Morgan fingerprint density at radius 3 is 1.95 bits per heavy atom. The van der Waals surface area contributed by atoms with Crippen molar-refractivity contribution in [2.24, 2.45) is 0 Å². The summed E-state index contributed by atoms with van der Waals surface area (Å²) in [6.07, 6.45) is 3.69. The van der Waals surface area contributed by atoms with E-state index in [1.807, 2.05) is 37.5 Å². The smallest absolute Gasteiger partial charge is 0.0554 e. The summed E-state index contributed by atoms with van der Waals surface area (Å²) < 4.78 is 2.50. The van der Waals surface area contributed by atoms with Crippen LogP contribution in [-0.4, -0.2) is 28.0 Å². The molecule has 0 bridgehead atoms. The molecule has 0 N–H and O–H groups in total. The molecule has 3 nitrogen and oxygen atoms in total. The summed E-state index contributed by atoms with van der Waals surface area (Å²) in [4.78, 5) is 10.7. The molecule has 0 saturated heterocycles. The summed E-state index contributed by atoms with van der Waals surface area (Å²) in [5.41, 5.74) is 2.24. The van der Waals surface area contributed by atoms with Gasteiger partial charge in [0.1, 0.15) is 0 Å². The third-order valence-electron chi connectivity index (χ3n) is 2.92. The highest BCUT2D eigenvalue weighted by atomic mass is 127. The first-order valence-electron chi connectivity index (χ1n) is 6.96. The number of pyridine rings is 2. The Hall–Kier alpha value is -0.280. The second-order valence-electron chi connectivity index (χ2n) is 4.54. The number of aromatic nitrogens is 2. The largest absolute Gasteiger partial charge is 0.298 e. The second-order valence-corrected chi connectivity index (χ2v) is 7.03. The normalized spacial score (nSPS) is 10.2. The predicted octanol–water partition coefficient (Wildman–Crippen LogP) is 4.52. The third-order valence-corrected chi connectivity index (χ3v) is 4.26. The number of halogens is 2. The van der Waals surface area contributed by atoms with E-state index in [4.69, 9.17) is 0 Å².